The van der Waals surface area contributed by atoms with E-state index in [2.05, 4.69) is 31.1 Å². The van der Waals surface area contributed by atoms with Crippen LogP contribution in [0.1, 0.15) is 37.0 Å². The highest BCUT2D eigenvalue weighted by Crippen LogP contribution is 2.23. The second-order valence-electron chi connectivity index (χ2n) is 6.87. The van der Waals surface area contributed by atoms with Gasteiger partial charge in [-0.15, -0.1) is 0 Å². The SMILES string of the molecule is C=CCOc1ccccc1NC(=O)CNc1cccc(C(=O)N(CCC)CCC)c1. The molecule has 2 rings (SSSR count). The number of ether oxygens (including phenoxy) is 1. The maximum atomic E-state index is 12.8. The van der Waals surface area contributed by atoms with Crippen molar-refractivity contribution < 1.29 is 14.3 Å². The number of hydrogen-bond donors (Lipinski definition) is 2. The molecule has 0 aliphatic heterocycles. The van der Waals surface area contributed by atoms with Crippen LogP contribution in [0.5, 0.6) is 5.75 Å². The molecule has 0 spiro atoms. The third kappa shape index (κ3) is 6.95. The van der Waals surface area contributed by atoms with Crippen LogP contribution >= 0.6 is 0 Å². The molecule has 0 aliphatic carbocycles. The van der Waals surface area contributed by atoms with Crippen LogP contribution in [0.25, 0.3) is 0 Å². The second-order valence-corrected chi connectivity index (χ2v) is 6.87. The number of carbonyl (C=O) groups excluding carboxylic acids is 2. The van der Waals surface area contributed by atoms with Gasteiger partial charge in [-0.1, -0.05) is 44.7 Å². The Morgan fingerprint density at radius 2 is 1.80 bits per heavy atom. The van der Waals surface area contributed by atoms with E-state index in [9.17, 15) is 9.59 Å². The van der Waals surface area contributed by atoms with Gasteiger partial charge in [0.05, 0.1) is 12.2 Å². The summed E-state index contributed by atoms with van der Waals surface area (Å²) in [6.45, 7) is 9.66. The van der Waals surface area contributed by atoms with Crippen molar-refractivity contribution in [2.45, 2.75) is 26.7 Å². The molecule has 0 aliphatic rings. The van der Waals surface area contributed by atoms with Crippen molar-refractivity contribution in [1.29, 1.82) is 0 Å². The summed E-state index contributed by atoms with van der Waals surface area (Å²) in [4.78, 5) is 27.0. The van der Waals surface area contributed by atoms with Crippen molar-refractivity contribution in [2.24, 2.45) is 0 Å². The summed E-state index contributed by atoms with van der Waals surface area (Å²) in [6, 6.07) is 14.5. The highest BCUT2D eigenvalue weighted by molar-refractivity contribution is 5.96. The first-order valence-electron chi connectivity index (χ1n) is 10.3. The number of amides is 2. The van der Waals surface area contributed by atoms with Gasteiger partial charge in [0.25, 0.3) is 5.91 Å². The lowest BCUT2D eigenvalue weighted by atomic mass is 10.1. The van der Waals surface area contributed by atoms with Gasteiger partial charge in [-0.2, -0.15) is 0 Å². The summed E-state index contributed by atoms with van der Waals surface area (Å²) < 4.78 is 5.56. The minimum Gasteiger partial charge on any atom is -0.487 e. The highest BCUT2D eigenvalue weighted by atomic mass is 16.5. The summed E-state index contributed by atoms with van der Waals surface area (Å²) >= 11 is 0. The summed E-state index contributed by atoms with van der Waals surface area (Å²) in [7, 11) is 0. The Labute approximate surface area is 178 Å². The Balaban J connectivity index is 1.98. The van der Waals surface area contributed by atoms with Crippen LogP contribution in [0, 0.1) is 0 Å². The number of nitrogens with one attached hydrogen (secondary N) is 2. The first kappa shape index (κ1) is 23.0. The van der Waals surface area contributed by atoms with Crippen LogP contribution in [0.3, 0.4) is 0 Å². The smallest absolute Gasteiger partial charge is 0.253 e. The minimum atomic E-state index is -0.208. The van der Waals surface area contributed by atoms with E-state index in [1.165, 1.54) is 0 Å². The number of rotatable bonds is 12. The molecule has 0 aromatic heterocycles. The predicted octanol–water partition coefficient (Wildman–Crippen LogP) is 4.56. The Kier molecular flexibility index (Phi) is 9.45. The van der Waals surface area contributed by atoms with E-state index >= 15 is 0 Å². The van der Waals surface area contributed by atoms with Crippen molar-refractivity contribution in [1.82, 2.24) is 4.90 Å². The molecule has 0 radical (unpaired) electrons. The Morgan fingerprint density at radius 1 is 1.07 bits per heavy atom. The van der Waals surface area contributed by atoms with Gasteiger partial charge in [-0.25, -0.2) is 0 Å². The molecular formula is C24H31N3O3. The van der Waals surface area contributed by atoms with E-state index in [1.807, 2.05) is 29.2 Å². The Hall–Kier alpha value is -3.28. The minimum absolute atomic E-state index is 0.0140. The largest absolute Gasteiger partial charge is 0.487 e. The molecule has 6 heteroatoms. The lowest BCUT2D eigenvalue weighted by Crippen LogP contribution is -2.32. The average molecular weight is 410 g/mol. The molecule has 0 fully saturated rings. The first-order chi connectivity index (χ1) is 14.6. The van der Waals surface area contributed by atoms with Crippen molar-refractivity contribution in [3.05, 3.63) is 66.7 Å². The van der Waals surface area contributed by atoms with Crippen LogP contribution in [-0.4, -0.2) is 43.0 Å². The molecule has 2 N–H and O–H groups in total. The fraction of sp³-hybridized carbons (Fsp3) is 0.333. The highest BCUT2D eigenvalue weighted by Gasteiger charge is 2.15. The van der Waals surface area contributed by atoms with Crippen LogP contribution in [0.2, 0.25) is 0 Å². The third-order valence-corrected chi connectivity index (χ3v) is 4.35. The lowest BCUT2D eigenvalue weighted by Gasteiger charge is -2.21. The van der Waals surface area contributed by atoms with Crippen LogP contribution in [-0.2, 0) is 4.79 Å². The number of benzene rings is 2. The van der Waals surface area contributed by atoms with Gasteiger partial charge < -0.3 is 20.3 Å². The molecule has 30 heavy (non-hydrogen) atoms. The van der Waals surface area contributed by atoms with E-state index in [-0.39, 0.29) is 18.4 Å². The molecule has 0 unspecified atom stereocenters. The molecule has 2 amide bonds. The third-order valence-electron chi connectivity index (χ3n) is 4.35. The van der Waals surface area contributed by atoms with Gasteiger partial charge in [-0.3, -0.25) is 9.59 Å². The van der Waals surface area contributed by atoms with Gasteiger partial charge in [0.1, 0.15) is 12.4 Å². The number of carbonyl (C=O) groups is 2. The van der Waals surface area contributed by atoms with E-state index < -0.39 is 0 Å². The van der Waals surface area contributed by atoms with E-state index in [0.717, 1.165) is 31.6 Å². The Morgan fingerprint density at radius 3 is 2.50 bits per heavy atom. The average Bonchev–Trinajstić information content (AvgIpc) is 2.76. The van der Waals surface area contributed by atoms with Crippen molar-refractivity contribution >= 4 is 23.2 Å². The topological polar surface area (TPSA) is 70.7 Å². The molecular weight excluding hydrogens is 378 g/mol. The predicted molar refractivity (Wildman–Crippen MR) is 122 cm³/mol. The monoisotopic (exact) mass is 409 g/mol. The molecule has 160 valence electrons. The molecule has 0 saturated carbocycles. The van der Waals surface area contributed by atoms with Gasteiger partial charge in [0.2, 0.25) is 5.91 Å². The summed E-state index contributed by atoms with van der Waals surface area (Å²) in [6.07, 6.45) is 3.49. The van der Waals surface area contributed by atoms with E-state index in [0.29, 0.717) is 23.6 Å². The molecule has 6 nitrogen and oxygen atoms in total. The Bertz CT molecular complexity index is 845. The van der Waals surface area contributed by atoms with E-state index in [4.69, 9.17) is 4.74 Å². The first-order valence-corrected chi connectivity index (χ1v) is 10.3. The normalized spacial score (nSPS) is 10.2. The number of hydrogen-bond acceptors (Lipinski definition) is 4. The number of nitrogens with zero attached hydrogens (tertiary/aromatic N) is 1. The van der Waals surface area contributed by atoms with Gasteiger partial charge >= 0.3 is 0 Å². The van der Waals surface area contributed by atoms with Crippen molar-refractivity contribution in [2.75, 3.05) is 36.9 Å². The fourth-order valence-corrected chi connectivity index (χ4v) is 3.02. The second kappa shape index (κ2) is 12.3. The van der Waals surface area contributed by atoms with Crippen LogP contribution < -0.4 is 15.4 Å². The zero-order valence-electron chi connectivity index (χ0n) is 17.8. The van der Waals surface area contributed by atoms with Crippen molar-refractivity contribution in [3.63, 3.8) is 0 Å². The number of anilines is 2. The summed E-state index contributed by atoms with van der Waals surface area (Å²) in [5.74, 6) is 0.394. The summed E-state index contributed by atoms with van der Waals surface area (Å²) in [5.41, 5.74) is 1.94. The molecule has 0 bridgehead atoms. The lowest BCUT2D eigenvalue weighted by molar-refractivity contribution is -0.114. The molecule has 0 saturated heterocycles. The molecule has 2 aromatic carbocycles. The van der Waals surface area contributed by atoms with Gasteiger partial charge in [0, 0.05) is 24.3 Å². The van der Waals surface area contributed by atoms with Gasteiger partial charge in [-0.05, 0) is 43.2 Å². The van der Waals surface area contributed by atoms with Gasteiger partial charge in [0.15, 0.2) is 0 Å². The summed E-state index contributed by atoms with van der Waals surface area (Å²) in [5, 5.41) is 5.93. The maximum Gasteiger partial charge on any atom is 0.253 e. The zero-order valence-corrected chi connectivity index (χ0v) is 17.8. The molecule has 0 atom stereocenters. The van der Waals surface area contributed by atoms with Crippen LogP contribution in [0.4, 0.5) is 11.4 Å². The standard InChI is InChI=1S/C24H31N3O3/c1-4-14-27(15-5-2)24(29)19-10-9-11-20(17-19)25-18-23(28)26-21-12-7-8-13-22(21)30-16-6-3/h6-13,17,25H,3-5,14-16,18H2,1-2H3,(H,26,28). The zero-order chi connectivity index (χ0) is 21.8. The maximum absolute atomic E-state index is 12.8. The number of para-hydroxylation sites is 2. The van der Waals surface area contributed by atoms with Crippen LogP contribution in [0.15, 0.2) is 61.2 Å². The quantitative estimate of drug-likeness (QED) is 0.504. The fourth-order valence-electron chi connectivity index (χ4n) is 3.02. The molecule has 0 heterocycles. The molecule has 2 aromatic rings. The van der Waals surface area contributed by atoms with E-state index in [1.54, 1.807) is 30.3 Å². The van der Waals surface area contributed by atoms with Crippen molar-refractivity contribution in [3.8, 4) is 5.75 Å².